The van der Waals surface area contributed by atoms with Crippen molar-refractivity contribution in [3.05, 3.63) is 42.5 Å². The van der Waals surface area contributed by atoms with Gasteiger partial charge < -0.3 is 18.8 Å². The molecule has 34 heavy (non-hydrogen) atoms. The number of para-hydroxylation sites is 2. The number of hydrogen-bond acceptors (Lipinski definition) is 7. The standard InChI is InChI=1S/C23H30N4O6S/c1-4-33-15-7-14-27-19-9-6-5-8-18(19)25-23(27)26-22(28)12-13-24-34(29,30)17-10-11-20(31-2)21(16-17)32-3/h5-6,8-11,16,24H,4,7,12-15H2,1-3H3,(H,25,26,28). The Kier molecular flexibility index (Phi) is 8.85. The van der Waals surface area contributed by atoms with Crippen molar-refractivity contribution in [1.82, 2.24) is 14.3 Å². The minimum Gasteiger partial charge on any atom is -0.493 e. The van der Waals surface area contributed by atoms with E-state index >= 15 is 0 Å². The molecule has 0 fully saturated rings. The van der Waals surface area contributed by atoms with Crippen LogP contribution in [0.15, 0.2) is 47.4 Å². The summed E-state index contributed by atoms with van der Waals surface area (Å²) in [6.07, 6.45) is 0.705. The Morgan fingerprint density at radius 1 is 1.09 bits per heavy atom. The van der Waals surface area contributed by atoms with Crippen LogP contribution in [-0.2, 0) is 26.1 Å². The number of hydrogen-bond donors (Lipinski definition) is 2. The molecule has 0 aliphatic heterocycles. The van der Waals surface area contributed by atoms with Crippen LogP contribution in [0.3, 0.4) is 0 Å². The molecule has 0 unspecified atom stereocenters. The summed E-state index contributed by atoms with van der Waals surface area (Å²) < 4.78 is 45.3. The molecule has 1 aromatic heterocycles. The number of imidazole rings is 1. The number of sulfonamides is 1. The second-order valence-electron chi connectivity index (χ2n) is 7.34. The number of anilines is 1. The van der Waals surface area contributed by atoms with Gasteiger partial charge in [0.25, 0.3) is 0 Å². The number of aromatic nitrogens is 2. The van der Waals surface area contributed by atoms with Gasteiger partial charge in [-0.1, -0.05) is 12.1 Å². The Bertz CT molecular complexity index is 1230. The van der Waals surface area contributed by atoms with Crippen LogP contribution in [0.25, 0.3) is 11.0 Å². The summed E-state index contributed by atoms with van der Waals surface area (Å²) in [6, 6.07) is 11.9. The fraction of sp³-hybridized carbons (Fsp3) is 0.391. The third-order valence-corrected chi connectivity index (χ3v) is 6.55. The van der Waals surface area contributed by atoms with Crippen molar-refractivity contribution in [2.45, 2.75) is 31.2 Å². The SMILES string of the molecule is CCOCCCn1c(NC(=O)CCNS(=O)(=O)c2ccc(OC)c(OC)c2)nc2ccccc21. The molecule has 1 amide bonds. The van der Waals surface area contributed by atoms with Crippen molar-refractivity contribution >= 4 is 32.9 Å². The molecule has 2 aromatic carbocycles. The first-order chi connectivity index (χ1) is 16.4. The van der Waals surface area contributed by atoms with E-state index in [1.54, 1.807) is 0 Å². The van der Waals surface area contributed by atoms with Crippen LogP contribution in [0.5, 0.6) is 11.5 Å². The van der Waals surface area contributed by atoms with Crippen LogP contribution in [0.1, 0.15) is 19.8 Å². The van der Waals surface area contributed by atoms with Gasteiger partial charge in [-0.15, -0.1) is 0 Å². The molecule has 1 heterocycles. The number of fused-ring (bicyclic) bond motifs is 1. The largest absolute Gasteiger partial charge is 0.493 e. The number of rotatable bonds is 13. The van der Waals surface area contributed by atoms with Crippen molar-refractivity contribution in [2.75, 3.05) is 39.3 Å². The molecule has 0 aliphatic rings. The molecule has 0 radical (unpaired) electrons. The highest BCUT2D eigenvalue weighted by atomic mass is 32.2. The lowest BCUT2D eigenvalue weighted by Crippen LogP contribution is -2.28. The molecule has 11 heteroatoms. The fourth-order valence-electron chi connectivity index (χ4n) is 3.42. The Morgan fingerprint density at radius 2 is 1.85 bits per heavy atom. The molecule has 2 N–H and O–H groups in total. The first-order valence-electron chi connectivity index (χ1n) is 10.9. The number of methoxy groups -OCH3 is 2. The van der Waals surface area contributed by atoms with E-state index in [4.69, 9.17) is 14.2 Å². The third-order valence-electron chi connectivity index (χ3n) is 5.09. The Morgan fingerprint density at radius 3 is 2.59 bits per heavy atom. The molecule has 0 saturated heterocycles. The average Bonchev–Trinajstić information content (AvgIpc) is 3.17. The number of amides is 1. The van der Waals surface area contributed by atoms with Gasteiger partial charge >= 0.3 is 0 Å². The van der Waals surface area contributed by atoms with Gasteiger partial charge in [-0.2, -0.15) is 0 Å². The van der Waals surface area contributed by atoms with Crippen molar-refractivity contribution in [1.29, 1.82) is 0 Å². The molecule has 0 bridgehead atoms. The maximum atomic E-state index is 12.6. The normalized spacial score (nSPS) is 11.5. The molecule has 0 spiro atoms. The number of carbonyl (C=O) groups is 1. The highest BCUT2D eigenvalue weighted by Gasteiger charge is 2.18. The first kappa shape index (κ1) is 25.5. The number of aryl methyl sites for hydroxylation is 1. The van der Waals surface area contributed by atoms with E-state index in [1.165, 1.54) is 32.4 Å². The van der Waals surface area contributed by atoms with Crippen molar-refractivity contribution in [3.8, 4) is 11.5 Å². The topological polar surface area (TPSA) is 121 Å². The van der Waals surface area contributed by atoms with E-state index in [0.717, 1.165) is 17.5 Å². The smallest absolute Gasteiger partial charge is 0.240 e. The van der Waals surface area contributed by atoms with Gasteiger partial charge in [0.2, 0.25) is 21.9 Å². The molecule has 0 aliphatic carbocycles. The maximum Gasteiger partial charge on any atom is 0.240 e. The average molecular weight is 491 g/mol. The summed E-state index contributed by atoms with van der Waals surface area (Å²) >= 11 is 0. The van der Waals surface area contributed by atoms with Crippen LogP contribution in [0, 0.1) is 0 Å². The summed E-state index contributed by atoms with van der Waals surface area (Å²) in [5.74, 6) is 0.790. The van der Waals surface area contributed by atoms with Crippen LogP contribution < -0.4 is 19.5 Å². The summed E-state index contributed by atoms with van der Waals surface area (Å²) in [7, 11) is -0.938. The second-order valence-corrected chi connectivity index (χ2v) is 9.11. The number of nitrogens with one attached hydrogen (secondary N) is 2. The van der Waals surface area contributed by atoms with E-state index in [9.17, 15) is 13.2 Å². The molecule has 0 atom stereocenters. The lowest BCUT2D eigenvalue weighted by Gasteiger charge is -2.12. The third kappa shape index (κ3) is 6.25. The van der Waals surface area contributed by atoms with Crippen LogP contribution in [-0.4, -0.2) is 57.9 Å². The van der Waals surface area contributed by atoms with E-state index < -0.39 is 10.0 Å². The van der Waals surface area contributed by atoms with Gasteiger partial charge in [-0.3, -0.25) is 10.1 Å². The summed E-state index contributed by atoms with van der Waals surface area (Å²) in [6.45, 7) is 3.74. The number of ether oxygens (including phenoxy) is 3. The molecule has 0 saturated carbocycles. The van der Waals surface area contributed by atoms with Gasteiger partial charge in [0.1, 0.15) is 0 Å². The van der Waals surface area contributed by atoms with Gasteiger partial charge in [-0.25, -0.2) is 18.1 Å². The van der Waals surface area contributed by atoms with Gasteiger partial charge in [0.05, 0.1) is 30.1 Å². The van der Waals surface area contributed by atoms with E-state index in [0.29, 0.717) is 37.2 Å². The van der Waals surface area contributed by atoms with Crippen LogP contribution in [0.2, 0.25) is 0 Å². The van der Waals surface area contributed by atoms with E-state index in [1.807, 2.05) is 35.8 Å². The quantitative estimate of drug-likeness (QED) is 0.354. The summed E-state index contributed by atoms with van der Waals surface area (Å²) in [4.78, 5) is 17.1. The van der Waals surface area contributed by atoms with Gasteiger partial charge in [0.15, 0.2) is 11.5 Å². The summed E-state index contributed by atoms with van der Waals surface area (Å²) in [5.41, 5.74) is 1.67. The van der Waals surface area contributed by atoms with Crippen molar-refractivity contribution < 1.29 is 27.4 Å². The van der Waals surface area contributed by atoms with Crippen molar-refractivity contribution in [3.63, 3.8) is 0 Å². The Labute approximate surface area is 199 Å². The first-order valence-corrected chi connectivity index (χ1v) is 12.4. The monoisotopic (exact) mass is 490 g/mol. The molecular formula is C23H30N4O6S. The molecule has 10 nitrogen and oxygen atoms in total. The lowest BCUT2D eigenvalue weighted by molar-refractivity contribution is -0.116. The Balaban J connectivity index is 1.63. The molecular weight excluding hydrogens is 460 g/mol. The highest BCUT2D eigenvalue weighted by Crippen LogP contribution is 2.29. The van der Waals surface area contributed by atoms with Gasteiger partial charge in [-0.05, 0) is 37.6 Å². The minimum atomic E-state index is -3.83. The second kappa shape index (κ2) is 11.8. The molecule has 184 valence electrons. The van der Waals surface area contributed by atoms with Crippen LogP contribution in [0.4, 0.5) is 5.95 Å². The zero-order chi connectivity index (χ0) is 24.6. The Hall–Kier alpha value is -3.15. The zero-order valence-electron chi connectivity index (χ0n) is 19.5. The lowest BCUT2D eigenvalue weighted by atomic mass is 10.3. The number of nitrogens with zero attached hydrogens (tertiary/aromatic N) is 2. The summed E-state index contributed by atoms with van der Waals surface area (Å²) in [5, 5.41) is 2.80. The van der Waals surface area contributed by atoms with Crippen molar-refractivity contribution in [2.24, 2.45) is 0 Å². The highest BCUT2D eigenvalue weighted by molar-refractivity contribution is 7.89. The molecule has 3 aromatic rings. The van der Waals surface area contributed by atoms with Crippen LogP contribution >= 0.6 is 0 Å². The van der Waals surface area contributed by atoms with E-state index in [-0.39, 0.29) is 23.8 Å². The van der Waals surface area contributed by atoms with Gasteiger partial charge in [0, 0.05) is 38.8 Å². The number of benzene rings is 2. The zero-order valence-corrected chi connectivity index (χ0v) is 20.4. The fourth-order valence-corrected chi connectivity index (χ4v) is 4.47. The maximum absolute atomic E-state index is 12.6. The molecule has 3 rings (SSSR count). The number of carbonyl (C=O) groups excluding carboxylic acids is 1. The predicted molar refractivity (Wildman–Crippen MR) is 129 cm³/mol. The van der Waals surface area contributed by atoms with E-state index in [2.05, 4.69) is 15.0 Å². The predicted octanol–water partition coefficient (Wildman–Crippen LogP) is 2.79. The minimum absolute atomic E-state index is 0.0154.